The third-order valence-corrected chi connectivity index (χ3v) is 11.6. The first-order valence-electron chi connectivity index (χ1n) is 19.3. The molecule has 4 aromatic rings. The molecule has 3 heterocycles. The van der Waals surface area contributed by atoms with Crippen molar-refractivity contribution in [3.8, 4) is 5.75 Å². The van der Waals surface area contributed by atoms with Crippen LogP contribution >= 0.6 is 11.3 Å². The van der Waals surface area contributed by atoms with Gasteiger partial charge in [-0.3, -0.25) is 14.1 Å². The van der Waals surface area contributed by atoms with Crippen LogP contribution in [0.2, 0.25) is 0 Å². The number of nitrogens with one attached hydrogen (secondary N) is 1. The van der Waals surface area contributed by atoms with Crippen LogP contribution in [0.15, 0.2) is 64.8 Å². The van der Waals surface area contributed by atoms with Gasteiger partial charge in [-0.05, 0) is 80.3 Å². The van der Waals surface area contributed by atoms with Gasteiger partial charge in [0, 0.05) is 27.9 Å². The van der Waals surface area contributed by atoms with Crippen molar-refractivity contribution in [1.82, 2.24) is 4.98 Å². The molecule has 9 heteroatoms. The van der Waals surface area contributed by atoms with E-state index in [1.165, 1.54) is 73.6 Å². The number of unbranched alkanes of at least 4 members (excludes halogenated alkanes) is 10. The summed E-state index contributed by atoms with van der Waals surface area (Å²) in [5.41, 5.74) is 1.51. The zero-order valence-corrected chi connectivity index (χ0v) is 34.2. The molecule has 1 fully saturated rings. The van der Waals surface area contributed by atoms with Gasteiger partial charge in [0.2, 0.25) is 12.3 Å². The molecule has 0 unspecified atom stereocenters. The van der Waals surface area contributed by atoms with Crippen molar-refractivity contribution in [2.24, 2.45) is 5.41 Å². The lowest BCUT2D eigenvalue weighted by atomic mass is 9.87. The Bertz CT molecular complexity index is 1690. The van der Waals surface area contributed by atoms with Crippen LogP contribution in [-0.4, -0.2) is 61.5 Å². The number of halogens is 1. The van der Waals surface area contributed by atoms with E-state index in [-0.39, 0.29) is 35.5 Å². The summed E-state index contributed by atoms with van der Waals surface area (Å²) in [6.07, 6.45) is 15.7. The fourth-order valence-corrected chi connectivity index (χ4v) is 8.11. The summed E-state index contributed by atoms with van der Waals surface area (Å²) in [5, 5.41) is 4.49. The second kappa shape index (κ2) is 20.6. The van der Waals surface area contributed by atoms with Gasteiger partial charge >= 0.3 is 5.97 Å². The topological polar surface area (TPSA) is 71.6 Å². The molecule has 0 spiro atoms. The van der Waals surface area contributed by atoms with Crippen molar-refractivity contribution in [1.29, 1.82) is 0 Å². The Balaban J connectivity index is 0.00000583. The van der Waals surface area contributed by atoms with Crippen LogP contribution in [0.4, 0.5) is 5.69 Å². The maximum absolute atomic E-state index is 13.5. The van der Waals surface area contributed by atoms with E-state index in [1.807, 2.05) is 24.3 Å². The van der Waals surface area contributed by atoms with Crippen LogP contribution < -0.4 is 39.2 Å². The standard InChI is InChI=1S/C42H59N3O4S.HI/c1-4-5-6-7-8-9-10-11-12-13-24-42(2,3)41(47)49-33-45(28-25-44(26-29-45)38-17-16-18-39-36(38)23-31-50-39)27-14-15-30-48-35-21-19-34-20-22-40(46)43-37(34)32-35;/h16-23,31-32H,4-15,24-30,33H2,1-3H3;1H. The summed E-state index contributed by atoms with van der Waals surface area (Å²) >= 11 is 1.79. The van der Waals surface area contributed by atoms with Crippen LogP contribution in [0, 0.1) is 5.41 Å². The number of quaternary nitrogens is 1. The normalized spacial score (nSPS) is 14.5. The molecule has 7 nitrogen and oxygen atoms in total. The van der Waals surface area contributed by atoms with E-state index in [1.54, 1.807) is 17.4 Å². The lowest BCUT2D eigenvalue weighted by molar-refractivity contribution is -0.944. The number of pyridine rings is 1. The summed E-state index contributed by atoms with van der Waals surface area (Å²) in [4.78, 5) is 30.7. The van der Waals surface area contributed by atoms with Gasteiger partial charge in [-0.15, -0.1) is 11.3 Å². The van der Waals surface area contributed by atoms with Gasteiger partial charge in [0.15, 0.2) is 0 Å². The number of benzene rings is 2. The number of fused-ring (bicyclic) bond motifs is 2. The van der Waals surface area contributed by atoms with Crippen LogP contribution in [0.1, 0.15) is 104 Å². The Morgan fingerprint density at radius 2 is 1.59 bits per heavy atom. The van der Waals surface area contributed by atoms with Crippen molar-refractivity contribution in [3.05, 3.63) is 70.3 Å². The maximum atomic E-state index is 13.5. The summed E-state index contributed by atoms with van der Waals surface area (Å²) in [6.45, 7) is 12.1. The molecular weight excluding hydrogens is 769 g/mol. The number of esters is 1. The van der Waals surface area contributed by atoms with E-state index in [2.05, 4.69) is 60.3 Å². The van der Waals surface area contributed by atoms with Gasteiger partial charge in [-0.1, -0.05) is 77.2 Å². The molecule has 1 saturated heterocycles. The van der Waals surface area contributed by atoms with E-state index in [4.69, 9.17) is 9.47 Å². The predicted octanol–water partition coefficient (Wildman–Crippen LogP) is 7.08. The molecular formula is C42H60IN3O4S. The molecule has 0 aliphatic carbocycles. The highest BCUT2D eigenvalue weighted by Crippen LogP contribution is 2.33. The quantitative estimate of drug-likeness (QED) is 0.0421. The second-order valence-corrected chi connectivity index (χ2v) is 16.1. The fraction of sp³-hybridized carbons (Fsp3) is 0.571. The Hall–Kier alpha value is -2.63. The van der Waals surface area contributed by atoms with Crippen LogP contribution in [0.25, 0.3) is 21.0 Å². The largest absolute Gasteiger partial charge is 1.00 e. The number of piperazine rings is 1. The first kappa shape index (κ1) is 41.1. The first-order chi connectivity index (χ1) is 24.3. The number of hydrogen-bond donors (Lipinski definition) is 1. The van der Waals surface area contributed by atoms with Crippen molar-refractivity contribution in [2.45, 2.75) is 104 Å². The molecule has 1 N–H and O–H groups in total. The Morgan fingerprint density at radius 3 is 2.33 bits per heavy atom. The minimum Gasteiger partial charge on any atom is -1.00 e. The molecule has 0 saturated carbocycles. The Labute approximate surface area is 326 Å². The molecule has 0 atom stereocenters. The molecule has 2 aromatic carbocycles. The Morgan fingerprint density at radius 1 is 0.882 bits per heavy atom. The average molecular weight is 830 g/mol. The molecule has 51 heavy (non-hydrogen) atoms. The number of aromatic nitrogens is 1. The van der Waals surface area contributed by atoms with Gasteiger partial charge < -0.3 is 43.3 Å². The molecule has 1 aliphatic heterocycles. The SMILES string of the molecule is CCCCCCCCCCCCC(C)(C)C(=O)OC[N+]1(CCCCOc2ccc3ccc(=O)[nH]c3c2)CCN(c2cccc3sccc23)CC1.[I-]. The fourth-order valence-electron chi connectivity index (χ4n) is 7.31. The molecule has 0 bridgehead atoms. The number of H-pyrrole nitrogens is 1. The van der Waals surface area contributed by atoms with E-state index >= 15 is 0 Å². The predicted molar refractivity (Wildman–Crippen MR) is 209 cm³/mol. The number of carbonyl (C=O) groups excluding carboxylic acids is 1. The highest BCUT2D eigenvalue weighted by molar-refractivity contribution is 7.17. The number of carbonyl (C=O) groups is 1. The summed E-state index contributed by atoms with van der Waals surface area (Å²) in [5.74, 6) is 0.701. The number of anilines is 1. The number of thiophene rings is 1. The molecule has 280 valence electrons. The summed E-state index contributed by atoms with van der Waals surface area (Å²) in [6, 6.07) is 18.0. The van der Waals surface area contributed by atoms with E-state index in [0.29, 0.717) is 13.3 Å². The van der Waals surface area contributed by atoms with Crippen LogP contribution in [0.5, 0.6) is 5.75 Å². The summed E-state index contributed by atoms with van der Waals surface area (Å²) in [7, 11) is 0. The highest BCUT2D eigenvalue weighted by atomic mass is 127. The molecule has 5 rings (SSSR count). The Kier molecular flexibility index (Phi) is 16.6. The van der Waals surface area contributed by atoms with Gasteiger partial charge in [-0.2, -0.15) is 0 Å². The van der Waals surface area contributed by atoms with E-state index < -0.39 is 5.41 Å². The zero-order valence-electron chi connectivity index (χ0n) is 31.2. The van der Waals surface area contributed by atoms with Crippen LogP contribution in [-0.2, 0) is 9.53 Å². The van der Waals surface area contributed by atoms with Gasteiger partial charge in [0.1, 0.15) is 5.75 Å². The lowest BCUT2D eigenvalue weighted by Crippen LogP contribution is -3.00. The van der Waals surface area contributed by atoms with Crippen LogP contribution in [0.3, 0.4) is 0 Å². The van der Waals surface area contributed by atoms with Crippen molar-refractivity contribution < 1.29 is 42.7 Å². The lowest BCUT2D eigenvalue weighted by Gasteiger charge is -2.45. The van der Waals surface area contributed by atoms with Gasteiger partial charge in [0.25, 0.3) is 0 Å². The first-order valence-corrected chi connectivity index (χ1v) is 20.2. The zero-order chi connectivity index (χ0) is 35.2. The molecule has 1 aliphatic rings. The van der Waals surface area contributed by atoms with E-state index in [0.717, 1.165) is 79.5 Å². The monoisotopic (exact) mass is 829 g/mol. The number of nitrogens with zero attached hydrogens (tertiary/aromatic N) is 2. The number of ether oxygens (including phenoxy) is 2. The number of hydrogen-bond acceptors (Lipinski definition) is 6. The third-order valence-electron chi connectivity index (χ3n) is 10.7. The number of rotatable bonds is 21. The third kappa shape index (κ3) is 12.2. The highest BCUT2D eigenvalue weighted by Gasteiger charge is 2.37. The van der Waals surface area contributed by atoms with Crippen molar-refractivity contribution >= 4 is 44.0 Å². The minimum atomic E-state index is -0.474. The van der Waals surface area contributed by atoms with Gasteiger partial charge in [0.05, 0.1) is 50.3 Å². The van der Waals surface area contributed by atoms with Crippen molar-refractivity contribution in [3.63, 3.8) is 0 Å². The average Bonchev–Trinajstić information content (AvgIpc) is 3.61. The molecule has 0 amide bonds. The maximum Gasteiger partial charge on any atom is 0.315 e. The molecule has 2 aromatic heterocycles. The minimum absolute atomic E-state index is 0. The summed E-state index contributed by atoms with van der Waals surface area (Å²) < 4.78 is 14.4. The molecule has 0 radical (unpaired) electrons. The smallest absolute Gasteiger partial charge is 0.315 e. The number of aromatic amines is 1. The van der Waals surface area contributed by atoms with Gasteiger partial charge in [-0.25, -0.2) is 0 Å². The van der Waals surface area contributed by atoms with E-state index in [9.17, 15) is 9.59 Å². The van der Waals surface area contributed by atoms with Crippen molar-refractivity contribution in [2.75, 3.05) is 51.0 Å². The second-order valence-electron chi connectivity index (χ2n) is 15.1.